The van der Waals surface area contributed by atoms with Gasteiger partial charge in [0.15, 0.2) is 0 Å². The molecule has 4 aliphatic carbocycles. The standard InChI is InChI=1S/C17H26N2O2/c1-2-11-6-15(20)19(16(21)18-10-11)17-7-12-3-13(8-17)5-14(4-12)9-17/h11-14H,2-10H2,1H3,(H,18,21). The van der Waals surface area contributed by atoms with Crippen molar-refractivity contribution in [2.75, 3.05) is 6.54 Å². The zero-order valence-electron chi connectivity index (χ0n) is 12.9. The number of rotatable bonds is 2. The summed E-state index contributed by atoms with van der Waals surface area (Å²) < 4.78 is 0. The van der Waals surface area contributed by atoms with Crippen LogP contribution in [0.5, 0.6) is 0 Å². The normalized spacial score (nSPS) is 45.7. The summed E-state index contributed by atoms with van der Waals surface area (Å²) in [6.45, 7) is 2.76. The fourth-order valence-electron chi connectivity index (χ4n) is 5.94. The predicted octanol–water partition coefficient (Wildman–Crippen LogP) is 2.92. The minimum Gasteiger partial charge on any atom is -0.337 e. The summed E-state index contributed by atoms with van der Waals surface area (Å²) in [5.41, 5.74) is -0.140. The molecule has 5 fully saturated rings. The molecule has 0 spiro atoms. The number of carbonyl (C=O) groups is 2. The Labute approximate surface area is 126 Å². The van der Waals surface area contributed by atoms with Crippen molar-refractivity contribution in [2.24, 2.45) is 23.7 Å². The highest BCUT2D eigenvalue weighted by molar-refractivity contribution is 5.96. The Bertz CT molecular complexity index is 438. The number of urea groups is 1. The summed E-state index contributed by atoms with van der Waals surface area (Å²) in [5.74, 6) is 2.64. The predicted molar refractivity (Wildman–Crippen MR) is 79.5 cm³/mol. The maximum Gasteiger partial charge on any atom is 0.324 e. The summed E-state index contributed by atoms with van der Waals surface area (Å²) >= 11 is 0. The molecule has 5 aliphatic rings. The number of nitrogens with one attached hydrogen (secondary N) is 1. The number of nitrogens with zero attached hydrogens (tertiary/aromatic N) is 1. The van der Waals surface area contributed by atoms with E-state index in [4.69, 9.17) is 0 Å². The maximum absolute atomic E-state index is 12.8. The van der Waals surface area contributed by atoms with Crippen molar-refractivity contribution in [3.8, 4) is 0 Å². The molecule has 1 saturated heterocycles. The molecule has 0 radical (unpaired) electrons. The van der Waals surface area contributed by atoms with Crippen LogP contribution in [-0.4, -0.2) is 28.9 Å². The topological polar surface area (TPSA) is 49.4 Å². The Morgan fingerprint density at radius 2 is 1.67 bits per heavy atom. The minimum atomic E-state index is -0.140. The zero-order valence-corrected chi connectivity index (χ0v) is 12.9. The molecule has 3 amide bonds. The molecular formula is C17H26N2O2. The van der Waals surface area contributed by atoms with Crippen LogP contribution in [0.15, 0.2) is 0 Å². The molecule has 4 saturated carbocycles. The van der Waals surface area contributed by atoms with Gasteiger partial charge < -0.3 is 5.32 Å². The van der Waals surface area contributed by atoms with Crippen LogP contribution < -0.4 is 5.32 Å². The van der Waals surface area contributed by atoms with Crippen molar-refractivity contribution >= 4 is 11.9 Å². The fourth-order valence-corrected chi connectivity index (χ4v) is 5.94. The summed E-state index contributed by atoms with van der Waals surface area (Å²) in [6.07, 6.45) is 8.69. The Hall–Kier alpha value is -1.06. The van der Waals surface area contributed by atoms with Gasteiger partial charge in [-0.05, 0) is 62.2 Å². The lowest BCUT2D eigenvalue weighted by Crippen LogP contribution is -2.64. The summed E-state index contributed by atoms with van der Waals surface area (Å²) in [6, 6.07) is -0.113. The van der Waals surface area contributed by atoms with Gasteiger partial charge in [0.1, 0.15) is 0 Å². The number of imide groups is 1. The fraction of sp³-hybridized carbons (Fsp3) is 0.882. The molecule has 4 heteroatoms. The van der Waals surface area contributed by atoms with E-state index in [0.29, 0.717) is 18.9 Å². The number of amides is 3. The molecule has 0 aromatic heterocycles. The highest BCUT2D eigenvalue weighted by atomic mass is 16.2. The quantitative estimate of drug-likeness (QED) is 0.850. The average Bonchev–Trinajstić information content (AvgIpc) is 2.55. The molecule has 0 aromatic rings. The third-order valence-corrected chi connectivity index (χ3v) is 6.52. The summed E-state index contributed by atoms with van der Waals surface area (Å²) in [5, 5.41) is 3.02. The van der Waals surface area contributed by atoms with Gasteiger partial charge in [0.25, 0.3) is 0 Å². The van der Waals surface area contributed by atoms with Gasteiger partial charge in [0, 0.05) is 13.0 Å². The first-order valence-electron chi connectivity index (χ1n) is 8.70. The van der Waals surface area contributed by atoms with E-state index in [9.17, 15) is 9.59 Å². The van der Waals surface area contributed by atoms with Gasteiger partial charge in [-0.15, -0.1) is 0 Å². The largest absolute Gasteiger partial charge is 0.337 e. The van der Waals surface area contributed by atoms with Crippen LogP contribution >= 0.6 is 0 Å². The van der Waals surface area contributed by atoms with E-state index in [2.05, 4.69) is 12.2 Å². The van der Waals surface area contributed by atoms with Crippen LogP contribution in [0.4, 0.5) is 4.79 Å². The van der Waals surface area contributed by atoms with Crippen molar-refractivity contribution < 1.29 is 9.59 Å². The first kappa shape index (κ1) is 13.6. The van der Waals surface area contributed by atoms with Gasteiger partial charge in [0.05, 0.1) is 5.54 Å². The Kier molecular flexibility index (Phi) is 3.05. The van der Waals surface area contributed by atoms with Crippen LogP contribution in [-0.2, 0) is 4.79 Å². The zero-order chi connectivity index (χ0) is 14.6. The maximum atomic E-state index is 12.8. The minimum absolute atomic E-state index is 0.0822. The molecule has 5 rings (SSSR count). The van der Waals surface area contributed by atoms with Gasteiger partial charge in [0.2, 0.25) is 5.91 Å². The summed E-state index contributed by atoms with van der Waals surface area (Å²) in [4.78, 5) is 27.1. The smallest absolute Gasteiger partial charge is 0.324 e. The molecule has 0 aromatic carbocycles. The van der Waals surface area contributed by atoms with E-state index in [1.54, 1.807) is 4.90 Å². The van der Waals surface area contributed by atoms with E-state index in [1.165, 1.54) is 19.3 Å². The molecule has 4 nitrogen and oxygen atoms in total. The van der Waals surface area contributed by atoms with Gasteiger partial charge in [-0.3, -0.25) is 9.69 Å². The lowest BCUT2D eigenvalue weighted by Gasteiger charge is -2.59. The first-order chi connectivity index (χ1) is 10.1. The van der Waals surface area contributed by atoms with Crippen LogP contribution in [0.2, 0.25) is 0 Å². The Balaban J connectivity index is 1.65. The van der Waals surface area contributed by atoms with Gasteiger partial charge in [-0.2, -0.15) is 0 Å². The van der Waals surface area contributed by atoms with Crippen molar-refractivity contribution in [1.29, 1.82) is 0 Å². The Morgan fingerprint density at radius 1 is 1.10 bits per heavy atom. The van der Waals surface area contributed by atoms with Crippen molar-refractivity contribution in [3.63, 3.8) is 0 Å². The molecule has 1 unspecified atom stereocenters. The molecule has 4 bridgehead atoms. The molecule has 1 aliphatic heterocycles. The van der Waals surface area contributed by atoms with E-state index in [1.807, 2.05) is 0 Å². The monoisotopic (exact) mass is 290 g/mol. The van der Waals surface area contributed by atoms with Crippen molar-refractivity contribution in [1.82, 2.24) is 10.2 Å². The van der Waals surface area contributed by atoms with E-state index in [0.717, 1.165) is 43.4 Å². The molecule has 1 heterocycles. The molecule has 1 atom stereocenters. The van der Waals surface area contributed by atoms with Crippen LogP contribution in [0, 0.1) is 23.7 Å². The first-order valence-corrected chi connectivity index (χ1v) is 8.70. The van der Waals surface area contributed by atoms with Gasteiger partial charge in [-0.25, -0.2) is 4.79 Å². The average molecular weight is 290 g/mol. The van der Waals surface area contributed by atoms with E-state index >= 15 is 0 Å². The third kappa shape index (κ3) is 2.09. The van der Waals surface area contributed by atoms with Crippen LogP contribution in [0.25, 0.3) is 0 Å². The van der Waals surface area contributed by atoms with Crippen molar-refractivity contribution in [2.45, 2.75) is 63.8 Å². The molecule has 1 N–H and O–H groups in total. The lowest BCUT2D eigenvalue weighted by molar-refractivity contribution is -0.143. The molecule has 116 valence electrons. The van der Waals surface area contributed by atoms with Crippen LogP contribution in [0.3, 0.4) is 0 Å². The second kappa shape index (κ2) is 4.72. The number of hydrogen-bond acceptors (Lipinski definition) is 2. The number of hydrogen-bond donors (Lipinski definition) is 1. The third-order valence-electron chi connectivity index (χ3n) is 6.52. The second-order valence-corrected chi connectivity index (χ2v) is 8.04. The summed E-state index contributed by atoms with van der Waals surface area (Å²) in [7, 11) is 0. The SMILES string of the molecule is CCC1CNC(=O)N(C23CC4CC(CC(C4)C2)C3)C(=O)C1. The van der Waals surface area contributed by atoms with E-state index < -0.39 is 0 Å². The van der Waals surface area contributed by atoms with Gasteiger partial charge in [-0.1, -0.05) is 13.3 Å². The molecule has 21 heavy (non-hydrogen) atoms. The second-order valence-electron chi connectivity index (χ2n) is 8.04. The highest BCUT2D eigenvalue weighted by Crippen LogP contribution is 2.58. The number of carbonyl (C=O) groups excluding carboxylic acids is 2. The molecular weight excluding hydrogens is 264 g/mol. The van der Waals surface area contributed by atoms with Gasteiger partial charge >= 0.3 is 6.03 Å². The lowest BCUT2D eigenvalue weighted by atomic mass is 9.52. The van der Waals surface area contributed by atoms with Crippen LogP contribution in [0.1, 0.15) is 58.3 Å². The van der Waals surface area contributed by atoms with E-state index in [-0.39, 0.29) is 17.5 Å². The highest BCUT2D eigenvalue weighted by Gasteiger charge is 2.56. The van der Waals surface area contributed by atoms with Crippen molar-refractivity contribution in [3.05, 3.63) is 0 Å². The Morgan fingerprint density at radius 3 is 2.19 bits per heavy atom.